The van der Waals surface area contributed by atoms with Gasteiger partial charge in [0.25, 0.3) is 5.91 Å². The number of nitrogens with zero attached hydrogens (tertiary/aromatic N) is 1. The number of amides is 1. The van der Waals surface area contributed by atoms with Gasteiger partial charge < -0.3 is 15.4 Å². The molecule has 0 spiro atoms. The zero-order chi connectivity index (χ0) is 11.5. The molecule has 1 fully saturated rings. The maximum atomic E-state index is 12.1. The van der Waals surface area contributed by atoms with Crippen molar-refractivity contribution in [2.75, 3.05) is 32.0 Å². The first-order valence-corrected chi connectivity index (χ1v) is 5.90. The van der Waals surface area contributed by atoms with Crippen molar-refractivity contribution >= 4 is 27.5 Å². The van der Waals surface area contributed by atoms with E-state index in [0.717, 1.165) is 4.47 Å². The fourth-order valence-electron chi connectivity index (χ4n) is 1.61. The van der Waals surface area contributed by atoms with E-state index in [4.69, 9.17) is 10.5 Å². The summed E-state index contributed by atoms with van der Waals surface area (Å²) in [7, 11) is 0. The van der Waals surface area contributed by atoms with Gasteiger partial charge in [-0.3, -0.25) is 4.79 Å². The first-order chi connectivity index (χ1) is 7.68. The topological polar surface area (TPSA) is 55.6 Å². The standard InChI is InChI=1S/C11H13BrN2O2/c12-9-7-8(1-2-10(9)13)11(15)14-3-5-16-6-4-14/h1-2,7H,3-6,13H2. The average molecular weight is 285 g/mol. The molecule has 0 bridgehead atoms. The molecule has 1 aromatic rings. The van der Waals surface area contributed by atoms with Crippen LogP contribution in [0, 0.1) is 0 Å². The first-order valence-electron chi connectivity index (χ1n) is 5.10. The highest BCUT2D eigenvalue weighted by Gasteiger charge is 2.18. The summed E-state index contributed by atoms with van der Waals surface area (Å²) in [6.07, 6.45) is 0. The third kappa shape index (κ3) is 2.36. The molecule has 86 valence electrons. The molecule has 2 rings (SSSR count). The fraction of sp³-hybridized carbons (Fsp3) is 0.364. The Balaban J connectivity index is 2.16. The van der Waals surface area contributed by atoms with Crippen LogP contribution in [0.4, 0.5) is 5.69 Å². The van der Waals surface area contributed by atoms with Crippen molar-refractivity contribution in [2.45, 2.75) is 0 Å². The summed E-state index contributed by atoms with van der Waals surface area (Å²) in [6, 6.07) is 5.24. The van der Waals surface area contributed by atoms with Gasteiger partial charge in [-0.2, -0.15) is 0 Å². The van der Waals surface area contributed by atoms with Crippen molar-refractivity contribution in [1.29, 1.82) is 0 Å². The molecule has 1 aliphatic rings. The lowest BCUT2D eigenvalue weighted by Gasteiger charge is -2.26. The van der Waals surface area contributed by atoms with Crippen LogP contribution in [-0.2, 0) is 4.74 Å². The van der Waals surface area contributed by atoms with E-state index >= 15 is 0 Å². The molecule has 1 heterocycles. The lowest BCUT2D eigenvalue weighted by Crippen LogP contribution is -2.40. The number of hydrogen-bond donors (Lipinski definition) is 1. The zero-order valence-corrected chi connectivity index (χ0v) is 10.4. The molecule has 2 N–H and O–H groups in total. The fourth-order valence-corrected chi connectivity index (χ4v) is 1.99. The maximum Gasteiger partial charge on any atom is 0.254 e. The van der Waals surface area contributed by atoms with Gasteiger partial charge in [-0.05, 0) is 34.1 Å². The Morgan fingerprint density at radius 3 is 2.69 bits per heavy atom. The number of nitrogens with two attached hydrogens (primary N) is 1. The number of carbonyl (C=O) groups excluding carboxylic acids is 1. The lowest BCUT2D eigenvalue weighted by atomic mass is 10.2. The quantitative estimate of drug-likeness (QED) is 0.796. The Hall–Kier alpha value is -1.07. The van der Waals surface area contributed by atoms with E-state index in [2.05, 4.69) is 15.9 Å². The van der Waals surface area contributed by atoms with E-state index in [-0.39, 0.29) is 5.91 Å². The third-order valence-electron chi connectivity index (χ3n) is 2.55. The van der Waals surface area contributed by atoms with Crippen molar-refractivity contribution in [2.24, 2.45) is 0 Å². The summed E-state index contributed by atoms with van der Waals surface area (Å²) < 4.78 is 5.96. The number of anilines is 1. The Labute approximate surface area is 102 Å². The summed E-state index contributed by atoms with van der Waals surface area (Å²) in [4.78, 5) is 13.9. The highest BCUT2D eigenvalue weighted by atomic mass is 79.9. The molecule has 5 heteroatoms. The number of benzene rings is 1. The van der Waals surface area contributed by atoms with E-state index in [9.17, 15) is 4.79 Å². The van der Waals surface area contributed by atoms with Gasteiger partial charge in [-0.25, -0.2) is 0 Å². The van der Waals surface area contributed by atoms with Gasteiger partial charge >= 0.3 is 0 Å². The van der Waals surface area contributed by atoms with Crippen LogP contribution < -0.4 is 5.73 Å². The molecule has 16 heavy (non-hydrogen) atoms. The van der Waals surface area contributed by atoms with Crippen molar-refractivity contribution in [3.63, 3.8) is 0 Å². The predicted molar refractivity (Wildman–Crippen MR) is 65.3 cm³/mol. The van der Waals surface area contributed by atoms with Gasteiger partial charge in [0.2, 0.25) is 0 Å². The molecule has 1 aliphatic heterocycles. The second-order valence-corrected chi connectivity index (χ2v) is 4.50. The number of nitrogen functional groups attached to an aromatic ring is 1. The van der Waals surface area contributed by atoms with Crippen LogP contribution in [0.5, 0.6) is 0 Å². The Bertz CT molecular complexity index is 403. The van der Waals surface area contributed by atoms with E-state index in [1.165, 1.54) is 0 Å². The molecule has 0 atom stereocenters. The molecular weight excluding hydrogens is 272 g/mol. The van der Waals surface area contributed by atoms with Gasteiger partial charge in [0.15, 0.2) is 0 Å². The molecule has 4 nitrogen and oxygen atoms in total. The SMILES string of the molecule is Nc1ccc(C(=O)N2CCOCC2)cc1Br. The largest absolute Gasteiger partial charge is 0.398 e. The zero-order valence-electron chi connectivity index (χ0n) is 8.78. The van der Waals surface area contributed by atoms with Gasteiger partial charge in [0.05, 0.1) is 13.2 Å². The van der Waals surface area contributed by atoms with Crippen LogP contribution in [-0.4, -0.2) is 37.1 Å². The number of rotatable bonds is 1. The van der Waals surface area contributed by atoms with Crippen LogP contribution in [0.15, 0.2) is 22.7 Å². The van der Waals surface area contributed by atoms with Crippen LogP contribution in [0.25, 0.3) is 0 Å². The molecule has 0 aromatic heterocycles. The number of halogens is 1. The normalized spacial score (nSPS) is 16.2. The molecule has 0 unspecified atom stereocenters. The van der Waals surface area contributed by atoms with Crippen molar-refractivity contribution < 1.29 is 9.53 Å². The molecular formula is C11H13BrN2O2. The monoisotopic (exact) mass is 284 g/mol. The number of ether oxygens (including phenoxy) is 1. The Morgan fingerprint density at radius 2 is 2.06 bits per heavy atom. The predicted octanol–water partition coefficient (Wildman–Crippen LogP) is 1.50. The summed E-state index contributed by atoms with van der Waals surface area (Å²) in [5.74, 6) is 0.0315. The van der Waals surface area contributed by atoms with Crippen LogP contribution in [0.2, 0.25) is 0 Å². The minimum atomic E-state index is 0.0315. The molecule has 1 amide bonds. The highest BCUT2D eigenvalue weighted by molar-refractivity contribution is 9.10. The van der Waals surface area contributed by atoms with Gasteiger partial charge in [0.1, 0.15) is 0 Å². The average Bonchev–Trinajstić information content (AvgIpc) is 2.33. The highest BCUT2D eigenvalue weighted by Crippen LogP contribution is 2.21. The van der Waals surface area contributed by atoms with E-state index in [1.807, 2.05) is 0 Å². The molecule has 0 saturated carbocycles. The van der Waals surface area contributed by atoms with Crippen molar-refractivity contribution in [3.05, 3.63) is 28.2 Å². The lowest BCUT2D eigenvalue weighted by molar-refractivity contribution is 0.0303. The minimum absolute atomic E-state index is 0.0315. The van der Waals surface area contributed by atoms with Crippen molar-refractivity contribution in [3.8, 4) is 0 Å². The minimum Gasteiger partial charge on any atom is -0.398 e. The Morgan fingerprint density at radius 1 is 1.38 bits per heavy atom. The van der Waals surface area contributed by atoms with Gasteiger partial charge in [-0.15, -0.1) is 0 Å². The number of carbonyl (C=O) groups is 1. The molecule has 1 saturated heterocycles. The second-order valence-electron chi connectivity index (χ2n) is 3.64. The maximum absolute atomic E-state index is 12.1. The summed E-state index contributed by atoms with van der Waals surface area (Å²) >= 11 is 3.32. The van der Waals surface area contributed by atoms with Crippen molar-refractivity contribution in [1.82, 2.24) is 4.90 Å². The van der Waals surface area contributed by atoms with E-state index < -0.39 is 0 Å². The van der Waals surface area contributed by atoms with Crippen LogP contribution in [0.3, 0.4) is 0 Å². The first kappa shape index (κ1) is 11.4. The number of morpholine rings is 1. The number of hydrogen-bond acceptors (Lipinski definition) is 3. The van der Waals surface area contributed by atoms with E-state index in [0.29, 0.717) is 37.6 Å². The molecule has 0 aliphatic carbocycles. The third-order valence-corrected chi connectivity index (χ3v) is 3.23. The van der Waals surface area contributed by atoms with Gasteiger partial charge in [-0.1, -0.05) is 0 Å². The van der Waals surface area contributed by atoms with E-state index in [1.54, 1.807) is 23.1 Å². The summed E-state index contributed by atoms with van der Waals surface area (Å²) in [5, 5.41) is 0. The smallest absolute Gasteiger partial charge is 0.254 e. The summed E-state index contributed by atoms with van der Waals surface area (Å²) in [5.41, 5.74) is 6.97. The van der Waals surface area contributed by atoms with Crippen LogP contribution in [0.1, 0.15) is 10.4 Å². The van der Waals surface area contributed by atoms with Gasteiger partial charge in [0, 0.05) is 28.8 Å². The Kier molecular flexibility index (Phi) is 3.46. The molecule has 1 aromatic carbocycles. The van der Waals surface area contributed by atoms with Crippen LogP contribution >= 0.6 is 15.9 Å². The second kappa shape index (κ2) is 4.84. The summed E-state index contributed by atoms with van der Waals surface area (Å²) in [6.45, 7) is 2.53. The molecule has 0 radical (unpaired) electrons.